The smallest absolute Gasteiger partial charge is 0.0850 e. The zero-order valence-corrected chi connectivity index (χ0v) is 3.00. The van der Waals surface area contributed by atoms with E-state index in [-0.39, 0.29) is 0 Å². The van der Waals surface area contributed by atoms with Crippen LogP contribution in [0.1, 0.15) is 0 Å². The van der Waals surface area contributed by atoms with Gasteiger partial charge in [-0.1, -0.05) is 5.92 Å². The summed E-state index contributed by atoms with van der Waals surface area (Å²) in [6, 6.07) is 0. The molecule has 0 heterocycles. The first kappa shape index (κ1) is 3.91. The molecule has 1 radical (unpaired) electrons. The number of rotatable bonds is 0. The molecule has 0 aliphatic heterocycles. The largest absolute Gasteiger partial charge is 0.161 e. The van der Waals surface area contributed by atoms with E-state index in [9.17, 15) is 0 Å². The molecule has 21 valence electrons. The molecule has 0 aliphatic rings. The molecule has 0 unspecified atom stereocenters. The highest BCUT2D eigenvalue weighted by atomic mass is 32.1. The van der Waals surface area contributed by atoms with Crippen molar-refractivity contribution in [2.75, 3.05) is 0 Å². The molecule has 0 saturated carbocycles. The minimum Gasteiger partial charge on any atom is -0.161 e. The molecular formula is C3H3S. The number of thiol groups is 1. The molecule has 0 aromatic rings. The van der Waals surface area contributed by atoms with Gasteiger partial charge in [-0.2, -0.15) is 12.6 Å². The van der Waals surface area contributed by atoms with Crippen molar-refractivity contribution in [1.82, 2.24) is 0 Å². The molecule has 1 heteroatoms. The molecule has 0 aliphatic carbocycles. The van der Waals surface area contributed by atoms with Crippen molar-refractivity contribution < 1.29 is 0 Å². The summed E-state index contributed by atoms with van der Waals surface area (Å²) < 4.78 is 0. The van der Waals surface area contributed by atoms with Crippen LogP contribution in [0.3, 0.4) is 0 Å². The van der Waals surface area contributed by atoms with Gasteiger partial charge in [0, 0.05) is 0 Å². The minimum absolute atomic E-state index is 1.35. The Morgan fingerprint density at radius 3 is 2.25 bits per heavy atom. The molecule has 0 nitrogen and oxygen atoms in total. The Bertz CT molecular complexity index is 33.0. The van der Waals surface area contributed by atoms with Gasteiger partial charge in [0.2, 0.25) is 0 Å². The Balaban J connectivity index is 2.43. The quantitative estimate of drug-likeness (QED) is 0.315. The van der Waals surface area contributed by atoms with Gasteiger partial charge in [-0.15, -0.1) is 6.42 Å². The van der Waals surface area contributed by atoms with Crippen LogP contribution in [0.4, 0.5) is 0 Å². The van der Waals surface area contributed by atoms with Crippen LogP contribution in [0.2, 0.25) is 0 Å². The standard InChI is InChI=1S/C3H3S/c1-2-3-4/h1,3-4H. The highest BCUT2D eigenvalue weighted by molar-refractivity contribution is 7.82. The van der Waals surface area contributed by atoms with Gasteiger partial charge in [0.15, 0.2) is 0 Å². The highest BCUT2D eigenvalue weighted by Crippen LogP contribution is 1.70. The summed E-state index contributed by atoms with van der Waals surface area (Å²) in [6.45, 7) is 0. The molecule has 0 amide bonds. The number of terminal acetylenes is 1. The molecule has 0 rings (SSSR count). The first-order chi connectivity index (χ1) is 1.91. The van der Waals surface area contributed by atoms with E-state index in [1.165, 1.54) is 5.75 Å². The second-order valence-electron chi connectivity index (χ2n) is 0.296. The molecule has 0 aromatic carbocycles. The average Bonchev–Trinajstić information content (AvgIpc) is 1.37. The number of hydrogen-bond donors (Lipinski definition) is 1. The van der Waals surface area contributed by atoms with Crippen molar-refractivity contribution in [2.45, 2.75) is 0 Å². The van der Waals surface area contributed by atoms with Crippen LogP contribution in [0.5, 0.6) is 0 Å². The fourth-order valence-corrected chi connectivity index (χ4v) is 0. The lowest BCUT2D eigenvalue weighted by Gasteiger charge is -1.51. The zero-order chi connectivity index (χ0) is 3.41. The third-order valence-electron chi connectivity index (χ3n) is 0.0745. The molecule has 0 fully saturated rings. The Morgan fingerprint density at radius 1 is 2.00 bits per heavy atom. The minimum atomic E-state index is 1.35. The van der Waals surface area contributed by atoms with E-state index in [0.717, 1.165) is 0 Å². The van der Waals surface area contributed by atoms with Crippen LogP contribution >= 0.6 is 12.6 Å². The Labute approximate surface area is 31.6 Å². The monoisotopic (exact) mass is 71.0 g/mol. The van der Waals surface area contributed by atoms with Crippen LogP contribution in [0.25, 0.3) is 0 Å². The van der Waals surface area contributed by atoms with Crippen molar-refractivity contribution in [2.24, 2.45) is 0 Å². The summed E-state index contributed by atoms with van der Waals surface area (Å²) in [4.78, 5) is 0. The lowest BCUT2D eigenvalue weighted by atomic mass is 10.8. The van der Waals surface area contributed by atoms with E-state index in [1.54, 1.807) is 0 Å². The first-order valence-corrected chi connectivity index (χ1v) is 1.35. The van der Waals surface area contributed by atoms with Crippen LogP contribution in [0.15, 0.2) is 0 Å². The van der Waals surface area contributed by atoms with Crippen molar-refractivity contribution in [3.8, 4) is 12.3 Å². The number of hydrogen-bond acceptors (Lipinski definition) is 1. The van der Waals surface area contributed by atoms with E-state index in [0.29, 0.717) is 0 Å². The van der Waals surface area contributed by atoms with E-state index in [1.807, 2.05) is 0 Å². The summed E-state index contributed by atoms with van der Waals surface area (Å²) in [5.41, 5.74) is 0. The second-order valence-corrected chi connectivity index (χ2v) is 0.554. The summed E-state index contributed by atoms with van der Waals surface area (Å²) in [7, 11) is 0. The Hall–Kier alpha value is -0.0900. The molecule has 0 N–H and O–H groups in total. The average molecular weight is 71.1 g/mol. The van der Waals surface area contributed by atoms with E-state index in [2.05, 4.69) is 25.0 Å². The van der Waals surface area contributed by atoms with Gasteiger partial charge in [0.25, 0.3) is 0 Å². The highest BCUT2D eigenvalue weighted by Gasteiger charge is 1.46. The van der Waals surface area contributed by atoms with Crippen molar-refractivity contribution in [1.29, 1.82) is 0 Å². The topological polar surface area (TPSA) is 0 Å². The van der Waals surface area contributed by atoms with E-state index >= 15 is 0 Å². The summed E-state index contributed by atoms with van der Waals surface area (Å²) in [5.74, 6) is 3.52. The zero-order valence-electron chi connectivity index (χ0n) is 2.10. The van der Waals surface area contributed by atoms with Gasteiger partial charge in [-0.3, -0.25) is 0 Å². The van der Waals surface area contributed by atoms with Gasteiger partial charge in [0.1, 0.15) is 0 Å². The summed E-state index contributed by atoms with van der Waals surface area (Å²) >= 11 is 3.56. The fraction of sp³-hybridized carbons (Fsp3) is 0. The molecule has 0 bridgehead atoms. The van der Waals surface area contributed by atoms with E-state index in [4.69, 9.17) is 0 Å². The normalized spacial score (nSPS) is 5.00. The predicted octanol–water partition coefficient (Wildman–Crippen LogP) is 0.711. The van der Waals surface area contributed by atoms with Crippen molar-refractivity contribution in [3.05, 3.63) is 5.75 Å². The van der Waals surface area contributed by atoms with Crippen LogP contribution < -0.4 is 0 Å². The Morgan fingerprint density at radius 2 is 2.25 bits per heavy atom. The first-order valence-electron chi connectivity index (χ1n) is 0.836. The van der Waals surface area contributed by atoms with Crippen LogP contribution in [-0.4, -0.2) is 0 Å². The third kappa shape index (κ3) is 1.91. The van der Waals surface area contributed by atoms with Crippen molar-refractivity contribution in [3.63, 3.8) is 0 Å². The van der Waals surface area contributed by atoms with Gasteiger partial charge in [-0.25, -0.2) is 0 Å². The van der Waals surface area contributed by atoms with Crippen molar-refractivity contribution >= 4 is 12.6 Å². The molecular weight excluding hydrogens is 68.1 g/mol. The maximum Gasteiger partial charge on any atom is 0.0850 e. The molecule has 0 spiro atoms. The van der Waals surface area contributed by atoms with E-state index < -0.39 is 0 Å². The maximum absolute atomic E-state index is 4.65. The predicted molar refractivity (Wildman–Crippen MR) is 22.1 cm³/mol. The lowest BCUT2D eigenvalue weighted by molar-refractivity contribution is 2.32. The van der Waals surface area contributed by atoms with Crippen LogP contribution in [0, 0.1) is 18.1 Å². The summed E-state index contributed by atoms with van der Waals surface area (Å²) in [6.07, 6.45) is 4.65. The maximum atomic E-state index is 4.65. The summed E-state index contributed by atoms with van der Waals surface area (Å²) in [5, 5.41) is 0. The SMILES string of the molecule is C#C[CH]S. The van der Waals surface area contributed by atoms with Gasteiger partial charge in [-0.05, 0) is 0 Å². The van der Waals surface area contributed by atoms with Gasteiger partial charge in [0.05, 0.1) is 5.75 Å². The molecule has 4 heavy (non-hydrogen) atoms. The molecule has 0 saturated heterocycles. The molecule has 0 atom stereocenters. The van der Waals surface area contributed by atoms with Gasteiger partial charge < -0.3 is 0 Å². The second kappa shape index (κ2) is 2.91. The van der Waals surface area contributed by atoms with Crippen LogP contribution in [-0.2, 0) is 0 Å². The Kier molecular flexibility index (Phi) is 2.84. The third-order valence-corrected chi connectivity index (χ3v) is 0.224. The molecule has 0 aromatic heterocycles. The fourth-order valence-electron chi connectivity index (χ4n) is 0. The van der Waals surface area contributed by atoms with Gasteiger partial charge >= 0.3 is 0 Å². The lowest BCUT2D eigenvalue weighted by Crippen LogP contribution is -1.34.